The Labute approximate surface area is 185 Å². The van der Waals surface area contributed by atoms with Crippen LogP contribution in [0.25, 0.3) is 11.3 Å². The summed E-state index contributed by atoms with van der Waals surface area (Å²) in [5, 5.41) is 5.99. The largest absolute Gasteiger partial charge is 0.497 e. The second kappa shape index (κ2) is 10.00. The van der Waals surface area contributed by atoms with Gasteiger partial charge >= 0.3 is 0 Å². The molecule has 0 spiro atoms. The van der Waals surface area contributed by atoms with Crippen molar-refractivity contribution in [2.45, 2.75) is 6.54 Å². The van der Waals surface area contributed by atoms with Gasteiger partial charge in [0.05, 0.1) is 25.9 Å². The highest BCUT2D eigenvalue weighted by atomic mass is 32.1. The maximum Gasteiger partial charge on any atom is 0.238 e. The van der Waals surface area contributed by atoms with Crippen molar-refractivity contribution in [3.63, 3.8) is 0 Å². The van der Waals surface area contributed by atoms with Crippen LogP contribution in [0.2, 0.25) is 0 Å². The molecule has 162 valence electrons. The smallest absolute Gasteiger partial charge is 0.238 e. The van der Waals surface area contributed by atoms with Gasteiger partial charge in [-0.1, -0.05) is 0 Å². The Hall–Kier alpha value is -2.81. The zero-order valence-corrected chi connectivity index (χ0v) is 18.2. The first-order valence-corrected chi connectivity index (χ1v) is 11.1. The number of thiazole rings is 1. The molecule has 1 saturated heterocycles. The molecule has 0 atom stereocenters. The van der Waals surface area contributed by atoms with E-state index in [2.05, 4.69) is 15.1 Å². The third-order valence-corrected chi connectivity index (χ3v) is 6.09. The molecule has 6 nitrogen and oxygen atoms in total. The lowest BCUT2D eigenvalue weighted by atomic mass is 10.2. The van der Waals surface area contributed by atoms with E-state index in [1.165, 1.54) is 12.1 Å². The summed E-state index contributed by atoms with van der Waals surface area (Å²) in [5.41, 5.74) is 2.58. The summed E-state index contributed by atoms with van der Waals surface area (Å²) < 4.78 is 18.2. The van der Waals surface area contributed by atoms with E-state index >= 15 is 0 Å². The third kappa shape index (κ3) is 5.88. The number of methoxy groups -OCH3 is 1. The van der Waals surface area contributed by atoms with Gasteiger partial charge < -0.3 is 10.1 Å². The van der Waals surface area contributed by atoms with E-state index in [9.17, 15) is 9.18 Å². The van der Waals surface area contributed by atoms with Gasteiger partial charge in [-0.2, -0.15) is 0 Å². The summed E-state index contributed by atoms with van der Waals surface area (Å²) in [6.45, 7) is 4.63. The van der Waals surface area contributed by atoms with Crippen molar-refractivity contribution >= 4 is 22.9 Å². The van der Waals surface area contributed by atoms with E-state index in [0.717, 1.165) is 60.4 Å². The van der Waals surface area contributed by atoms with Gasteiger partial charge in [0.25, 0.3) is 0 Å². The van der Waals surface area contributed by atoms with Crippen LogP contribution < -0.4 is 10.1 Å². The number of hydrogen-bond acceptors (Lipinski definition) is 6. The number of hydrogen-bond donors (Lipinski definition) is 1. The number of carbonyl (C=O) groups excluding carboxylic acids is 1. The summed E-state index contributed by atoms with van der Waals surface area (Å²) in [6.07, 6.45) is 0. The molecular formula is C23H25FN4O2S. The summed E-state index contributed by atoms with van der Waals surface area (Å²) in [5.74, 6) is 0.511. The Morgan fingerprint density at radius 1 is 1.06 bits per heavy atom. The van der Waals surface area contributed by atoms with Crippen molar-refractivity contribution in [2.75, 3.05) is 45.2 Å². The highest BCUT2D eigenvalue weighted by Gasteiger charge is 2.20. The molecule has 0 bridgehead atoms. The zero-order chi connectivity index (χ0) is 21.6. The van der Waals surface area contributed by atoms with Gasteiger partial charge in [-0.25, -0.2) is 9.37 Å². The minimum absolute atomic E-state index is 0.0116. The predicted octanol–water partition coefficient (Wildman–Crippen LogP) is 3.71. The first-order chi connectivity index (χ1) is 15.1. The topological polar surface area (TPSA) is 57.7 Å². The molecule has 0 radical (unpaired) electrons. The van der Waals surface area contributed by atoms with E-state index in [0.29, 0.717) is 6.54 Å². The number of halogens is 1. The lowest BCUT2D eigenvalue weighted by molar-refractivity contribution is -0.117. The Kier molecular flexibility index (Phi) is 6.91. The van der Waals surface area contributed by atoms with Crippen LogP contribution in [0.1, 0.15) is 5.01 Å². The molecule has 2 heterocycles. The SMILES string of the molecule is COc1ccc(NC(=O)CN2CCN(Cc3nc(-c4ccc(F)cc4)cs3)CC2)cc1. The van der Waals surface area contributed by atoms with Crippen LogP contribution in [-0.4, -0.2) is 60.5 Å². The van der Waals surface area contributed by atoms with E-state index in [4.69, 9.17) is 9.72 Å². The summed E-state index contributed by atoms with van der Waals surface area (Å²) in [7, 11) is 1.62. The number of nitrogens with zero attached hydrogens (tertiary/aromatic N) is 3. The number of benzene rings is 2. The average molecular weight is 441 g/mol. The van der Waals surface area contributed by atoms with E-state index in [-0.39, 0.29) is 11.7 Å². The molecular weight excluding hydrogens is 415 g/mol. The fourth-order valence-corrected chi connectivity index (χ4v) is 4.36. The number of rotatable bonds is 7. The van der Waals surface area contributed by atoms with Crippen LogP contribution in [0, 0.1) is 5.82 Å². The highest BCUT2D eigenvalue weighted by Crippen LogP contribution is 2.23. The Morgan fingerprint density at radius 2 is 1.74 bits per heavy atom. The van der Waals surface area contributed by atoms with Crippen LogP contribution >= 0.6 is 11.3 Å². The number of amides is 1. The van der Waals surface area contributed by atoms with Gasteiger partial charge in [0.1, 0.15) is 16.6 Å². The molecule has 1 N–H and O–H groups in total. The molecule has 1 aliphatic heterocycles. The molecule has 8 heteroatoms. The lowest BCUT2D eigenvalue weighted by Gasteiger charge is -2.33. The fourth-order valence-electron chi connectivity index (χ4n) is 3.51. The lowest BCUT2D eigenvalue weighted by Crippen LogP contribution is -2.48. The average Bonchev–Trinajstić information content (AvgIpc) is 3.24. The van der Waals surface area contributed by atoms with E-state index in [1.54, 1.807) is 30.6 Å². The molecule has 0 unspecified atom stereocenters. The van der Waals surface area contributed by atoms with Crippen LogP contribution in [-0.2, 0) is 11.3 Å². The van der Waals surface area contributed by atoms with Gasteiger partial charge in [0.15, 0.2) is 0 Å². The molecule has 0 aliphatic carbocycles. The molecule has 2 aromatic carbocycles. The van der Waals surface area contributed by atoms with Crippen molar-refractivity contribution in [3.05, 3.63) is 64.7 Å². The monoisotopic (exact) mass is 440 g/mol. The summed E-state index contributed by atoms with van der Waals surface area (Å²) in [4.78, 5) is 21.6. The van der Waals surface area contributed by atoms with Crippen LogP contribution in [0.3, 0.4) is 0 Å². The van der Waals surface area contributed by atoms with Crippen molar-refractivity contribution in [1.29, 1.82) is 0 Å². The quantitative estimate of drug-likeness (QED) is 0.607. The molecule has 1 aromatic heterocycles. The number of carbonyl (C=O) groups is 1. The summed E-state index contributed by atoms with van der Waals surface area (Å²) in [6, 6.07) is 13.7. The Balaban J connectivity index is 1.22. The minimum atomic E-state index is -0.241. The zero-order valence-electron chi connectivity index (χ0n) is 17.4. The number of nitrogens with one attached hydrogen (secondary N) is 1. The van der Waals surface area contributed by atoms with E-state index in [1.807, 2.05) is 29.6 Å². The van der Waals surface area contributed by atoms with Crippen LogP contribution in [0.15, 0.2) is 53.9 Å². The van der Waals surface area contributed by atoms with Crippen molar-refractivity contribution in [3.8, 4) is 17.0 Å². The van der Waals surface area contributed by atoms with Crippen molar-refractivity contribution in [2.24, 2.45) is 0 Å². The molecule has 1 fully saturated rings. The van der Waals surface area contributed by atoms with E-state index < -0.39 is 0 Å². The summed E-state index contributed by atoms with van der Waals surface area (Å²) >= 11 is 1.62. The first kappa shape index (κ1) is 21.4. The predicted molar refractivity (Wildman–Crippen MR) is 121 cm³/mol. The number of ether oxygens (including phenoxy) is 1. The number of piperazine rings is 1. The maximum atomic E-state index is 13.1. The normalized spacial score (nSPS) is 15.0. The van der Waals surface area contributed by atoms with Gasteiger partial charge in [0.2, 0.25) is 5.91 Å². The molecule has 3 aromatic rings. The number of aromatic nitrogens is 1. The standard InChI is InChI=1S/C23H25FN4O2S/c1-30-20-8-6-19(7-9-20)25-22(29)14-27-10-12-28(13-11-27)15-23-26-21(16-31-23)17-2-4-18(24)5-3-17/h2-9,16H,10-15H2,1H3,(H,25,29). The first-order valence-electron chi connectivity index (χ1n) is 10.2. The maximum absolute atomic E-state index is 13.1. The van der Waals surface area contributed by atoms with Gasteiger partial charge in [-0.15, -0.1) is 11.3 Å². The Morgan fingerprint density at radius 3 is 2.42 bits per heavy atom. The molecule has 4 rings (SSSR count). The molecule has 1 aliphatic rings. The molecule has 0 saturated carbocycles. The third-order valence-electron chi connectivity index (χ3n) is 5.26. The van der Waals surface area contributed by atoms with Crippen LogP contribution in [0.5, 0.6) is 5.75 Å². The van der Waals surface area contributed by atoms with Gasteiger partial charge in [-0.05, 0) is 48.5 Å². The van der Waals surface area contributed by atoms with Crippen LogP contribution in [0.4, 0.5) is 10.1 Å². The van der Waals surface area contributed by atoms with Gasteiger partial charge in [0, 0.05) is 42.8 Å². The second-order valence-corrected chi connectivity index (χ2v) is 8.41. The van der Waals surface area contributed by atoms with Gasteiger partial charge in [-0.3, -0.25) is 14.6 Å². The molecule has 1 amide bonds. The van der Waals surface area contributed by atoms with Crippen molar-refractivity contribution in [1.82, 2.24) is 14.8 Å². The Bertz CT molecular complexity index is 999. The van der Waals surface area contributed by atoms with Crippen molar-refractivity contribution < 1.29 is 13.9 Å². The highest BCUT2D eigenvalue weighted by molar-refractivity contribution is 7.09. The fraction of sp³-hybridized carbons (Fsp3) is 0.304. The number of anilines is 1. The molecule has 31 heavy (non-hydrogen) atoms. The second-order valence-electron chi connectivity index (χ2n) is 7.46. The minimum Gasteiger partial charge on any atom is -0.497 e.